The van der Waals surface area contributed by atoms with Crippen LogP contribution >= 0.6 is 0 Å². The number of aryl methyl sites for hydroxylation is 1. The van der Waals surface area contributed by atoms with Gasteiger partial charge in [0.15, 0.2) is 5.69 Å². The van der Waals surface area contributed by atoms with Gasteiger partial charge in [0.05, 0.1) is 18.2 Å². The van der Waals surface area contributed by atoms with Gasteiger partial charge in [-0.1, -0.05) is 18.1 Å². The Morgan fingerprint density at radius 1 is 1.03 bits per heavy atom. The third-order valence-electron chi connectivity index (χ3n) is 4.86. The highest BCUT2D eigenvalue weighted by Gasteiger charge is 2.31. The van der Waals surface area contributed by atoms with Crippen molar-refractivity contribution in [1.29, 1.82) is 0 Å². The number of anilines is 1. The lowest BCUT2D eigenvalue weighted by Gasteiger charge is -2.12. The lowest BCUT2D eigenvalue weighted by atomic mass is 10.1. The van der Waals surface area contributed by atoms with Gasteiger partial charge < -0.3 is 19.9 Å². The Hall–Kier alpha value is -4.15. The number of nitrogens with zero attached hydrogens (tertiary/aromatic N) is 1. The number of carbonyl (C=O) groups excluding carboxylic acids is 3. The predicted molar refractivity (Wildman–Crippen MR) is 119 cm³/mol. The second-order valence-electron chi connectivity index (χ2n) is 7.55. The maximum absolute atomic E-state index is 13.0. The summed E-state index contributed by atoms with van der Waals surface area (Å²) in [4.78, 5) is 37.0. The van der Waals surface area contributed by atoms with E-state index in [1.165, 1.54) is 37.4 Å². The molecule has 11 heteroatoms. The number of halogens is 3. The van der Waals surface area contributed by atoms with Crippen LogP contribution < -0.4 is 10.6 Å². The molecule has 0 bridgehead atoms. The van der Waals surface area contributed by atoms with Crippen molar-refractivity contribution in [2.75, 3.05) is 12.4 Å². The maximum atomic E-state index is 13.0. The SMILES string of the molecule is CCCc1cc(C(=O)NCc2cc(NC(=O)c3cccc(C(F)(F)F)c3)cc(C(=O)OC)c2)no1. The molecule has 35 heavy (non-hydrogen) atoms. The molecule has 0 aliphatic rings. The molecule has 184 valence electrons. The molecule has 0 unspecified atom stereocenters. The van der Waals surface area contributed by atoms with E-state index in [1.807, 2.05) is 6.92 Å². The van der Waals surface area contributed by atoms with Gasteiger partial charge in [-0.2, -0.15) is 13.2 Å². The first-order valence-corrected chi connectivity index (χ1v) is 10.6. The number of hydrogen-bond acceptors (Lipinski definition) is 6. The fourth-order valence-electron chi connectivity index (χ4n) is 3.20. The Balaban J connectivity index is 1.79. The van der Waals surface area contributed by atoms with Crippen molar-refractivity contribution < 1.29 is 36.8 Å². The molecular formula is C24H22F3N3O5. The van der Waals surface area contributed by atoms with Crippen molar-refractivity contribution in [2.24, 2.45) is 0 Å². The summed E-state index contributed by atoms with van der Waals surface area (Å²) in [5.41, 5.74) is -0.455. The zero-order valence-electron chi connectivity index (χ0n) is 18.9. The van der Waals surface area contributed by atoms with E-state index < -0.39 is 29.5 Å². The number of amides is 2. The number of methoxy groups -OCH3 is 1. The Labute approximate surface area is 198 Å². The standard InChI is InChI=1S/C24H22F3N3O5/c1-3-5-19-12-20(30-35-19)22(32)28-13-14-8-16(23(33)34-2)11-18(9-14)29-21(31)15-6-4-7-17(10-15)24(25,26)27/h4,6-12H,3,5,13H2,1-2H3,(H,28,32)(H,29,31). The summed E-state index contributed by atoms with van der Waals surface area (Å²) in [5.74, 6) is -1.44. The van der Waals surface area contributed by atoms with E-state index >= 15 is 0 Å². The second-order valence-corrected chi connectivity index (χ2v) is 7.55. The summed E-state index contributed by atoms with van der Waals surface area (Å²) < 4.78 is 48.7. The molecule has 0 spiro atoms. The second kappa shape index (κ2) is 10.9. The van der Waals surface area contributed by atoms with Gasteiger partial charge in [0.25, 0.3) is 11.8 Å². The van der Waals surface area contributed by atoms with Crippen molar-refractivity contribution >= 4 is 23.5 Å². The van der Waals surface area contributed by atoms with E-state index in [0.717, 1.165) is 24.6 Å². The van der Waals surface area contributed by atoms with Gasteiger partial charge in [0, 0.05) is 30.3 Å². The molecule has 2 amide bonds. The molecule has 0 fully saturated rings. The van der Waals surface area contributed by atoms with E-state index in [2.05, 4.69) is 15.8 Å². The van der Waals surface area contributed by atoms with Gasteiger partial charge in [-0.05, 0) is 48.4 Å². The lowest BCUT2D eigenvalue weighted by Crippen LogP contribution is -2.23. The Morgan fingerprint density at radius 3 is 2.49 bits per heavy atom. The molecule has 3 rings (SSSR count). The molecule has 0 aliphatic heterocycles. The van der Waals surface area contributed by atoms with Crippen LogP contribution in [0.25, 0.3) is 0 Å². The van der Waals surface area contributed by atoms with Gasteiger partial charge >= 0.3 is 12.1 Å². The van der Waals surface area contributed by atoms with Crippen LogP contribution in [0.4, 0.5) is 18.9 Å². The van der Waals surface area contributed by atoms with Crippen molar-refractivity contribution in [3.8, 4) is 0 Å². The van der Waals surface area contributed by atoms with E-state index in [-0.39, 0.29) is 29.1 Å². The van der Waals surface area contributed by atoms with E-state index in [1.54, 1.807) is 0 Å². The molecule has 1 aromatic heterocycles. The van der Waals surface area contributed by atoms with Gasteiger partial charge in [-0.15, -0.1) is 0 Å². The van der Waals surface area contributed by atoms with E-state index in [9.17, 15) is 27.6 Å². The molecule has 0 radical (unpaired) electrons. The monoisotopic (exact) mass is 489 g/mol. The lowest BCUT2D eigenvalue weighted by molar-refractivity contribution is -0.137. The molecule has 3 aromatic rings. The number of alkyl halides is 3. The molecule has 0 aliphatic carbocycles. The van der Waals surface area contributed by atoms with E-state index in [4.69, 9.17) is 9.26 Å². The number of esters is 1. The van der Waals surface area contributed by atoms with E-state index in [0.29, 0.717) is 17.7 Å². The molecule has 2 aromatic carbocycles. The van der Waals surface area contributed by atoms with Crippen LogP contribution in [0.3, 0.4) is 0 Å². The molecule has 0 saturated carbocycles. The third-order valence-corrected chi connectivity index (χ3v) is 4.86. The highest BCUT2D eigenvalue weighted by Crippen LogP contribution is 2.29. The normalized spacial score (nSPS) is 11.1. The Kier molecular flexibility index (Phi) is 7.90. The maximum Gasteiger partial charge on any atom is 0.416 e. The summed E-state index contributed by atoms with van der Waals surface area (Å²) in [5, 5.41) is 8.84. The molecule has 1 heterocycles. The van der Waals surface area contributed by atoms with Gasteiger partial charge in [-0.25, -0.2) is 4.79 Å². The number of rotatable bonds is 8. The first kappa shape index (κ1) is 25.5. The van der Waals surface area contributed by atoms with Crippen LogP contribution in [0.15, 0.2) is 53.1 Å². The average molecular weight is 489 g/mol. The summed E-state index contributed by atoms with van der Waals surface area (Å²) in [6.07, 6.45) is -3.14. The van der Waals surface area contributed by atoms with Gasteiger partial charge in [0.2, 0.25) is 0 Å². The summed E-state index contributed by atoms with van der Waals surface area (Å²) >= 11 is 0. The van der Waals surface area contributed by atoms with Gasteiger partial charge in [0.1, 0.15) is 5.76 Å². The number of nitrogens with one attached hydrogen (secondary N) is 2. The Morgan fingerprint density at radius 2 is 1.80 bits per heavy atom. The summed E-state index contributed by atoms with van der Waals surface area (Å²) in [6.45, 7) is 1.92. The fraction of sp³-hybridized carbons (Fsp3) is 0.250. The highest BCUT2D eigenvalue weighted by molar-refractivity contribution is 6.05. The van der Waals surface area contributed by atoms with Crippen molar-refractivity contribution in [1.82, 2.24) is 10.5 Å². The molecule has 0 atom stereocenters. The van der Waals surface area contributed by atoms with Crippen LogP contribution in [0.2, 0.25) is 0 Å². The minimum atomic E-state index is -4.60. The quantitative estimate of drug-likeness (QED) is 0.447. The largest absolute Gasteiger partial charge is 0.465 e. The number of carbonyl (C=O) groups is 3. The topological polar surface area (TPSA) is 111 Å². The molecule has 2 N–H and O–H groups in total. The van der Waals surface area contributed by atoms with Crippen LogP contribution in [-0.4, -0.2) is 30.1 Å². The van der Waals surface area contributed by atoms with Crippen molar-refractivity contribution in [2.45, 2.75) is 32.5 Å². The minimum Gasteiger partial charge on any atom is -0.465 e. The first-order chi connectivity index (χ1) is 16.6. The summed E-state index contributed by atoms with van der Waals surface area (Å²) in [7, 11) is 1.18. The predicted octanol–water partition coefficient (Wildman–Crippen LogP) is 4.61. The number of benzene rings is 2. The zero-order valence-corrected chi connectivity index (χ0v) is 18.9. The van der Waals surface area contributed by atoms with Gasteiger partial charge in [-0.3, -0.25) is 9.59 Å². The number of ether oxygens (including phenoxy) is 1. The summed E-state index contributed by atoms with van der Waals surface area (Å²) in [6, 6.07) is 9.73. The molecule has 0 saturated heterocycles. The molecular weight excluding hydrogens is 467 g/mol. The molecule has 8 nitrogen and oxygen atoms in total. The minimum absolute atomic E-state index is 0.0356. The van der Waals surface area contributed by atoms with Crippen molar-refractivity contribution in [3.05, 3.63) is 82.2 Å². The Bertz CT molecular complexity index is 1240. The van der Waals surface area contributed by atoms with Crippen LogP contribution in [0.5, 0.6) is 0 Å². The fourth-order valence-corrected chi connectivity index (χ4v) is 3.20. The smallest absolute Gasteiger partial charge is 0.416 e. The van der Waals surface area contributed by atoms with Crippen LogP contribution in [-0.2, 0) is 23.9 Å². The third kappa shape index (κ3) is 6.69. The average Bonchev–Trinajstić information content (AvgIpc) is 3.30. The van der Waals surface area contributed by atoms with Crippen LogP contribution in [0, 0.1) is 0 Å². The van der Waals surface area contributed by atoms with Crippen LogP contribution in [0.1, 0.15) is 61.4 Å². The zero-order chi connectivity index (χ0) is 25.6. The number of aromatic nitrogens is 1. The number of hydrogen-bond donors (Lipinski definition) is 2. The first-order valence-electron chi connectivity index (χ1n) is 10.6. The van der Waals surface area contributed by atoms with Crippen molar-refractivity contribution in [3.63, 3.8) is 0 Å². The highest BCUT2D eigenvalue weighted by atomic mass is 19.4.